The maximum absolute atomic E-state index is 13.5. The minimum atomic E-state index is -4.01. The molecule has 2 aliphatic heterocycles. The van der Waals surface area contributed by atoms with Crippen LogP contribution in [-0.2, 0) is 37.9 Å². The normalized spacial score (nSPS) is 15.9. The Kier molecular flexibility index (Phi) is 35.2. The van der Waals surface area contributed by atoms with Crippen molar-refractivity contribution in [2.45, 2.75) is 394 Å². The summed E-state index contributed by atoms with van der Waals surface area (Å²) in [6.07, 6.45) is 13.6. The average molecular weight is 2460 g/mol. The Morgan fingerprint density at radius 3 is 1.13 bits per heavy atom. The van der Waals surface area contributed by atoms with E-state index in [0.29, 0.717) is 21.9 Å². The Hall–Kier alpha value is -6.43. The molecular weight excluding hydrogens is 2290 g/mol. The Balaban J connectivity index is 0.000000140. The van der Waals surface area contributed by atoms with E-state index in [2.05, 4.69) is 392 Å². The van der Waals surface area contributed by atoms with Crippen LogP contribution in [0.2, 0.25) is 9.50 Å². The fourth-order valence-corrected chi connectivity index (χ4v) is 47.2. The molecule has 19 rings (SSSR count). The molecule has 14 aromatic rings. The van der Waals surface area contributed by atoms with Crippen molar-refractivity contribution in [3.63, 3.8) is 0 Å². The van der Waals surface area contributed by atoms with Gasteiger partial charge in [-0.1, -0.05) is 186 Å². The van der Waals surface area contributed by atoms with Crippen LogP contribution in [0.4, 0.5) is 22.0 Å². The Labute approximate surface area is 896 Å². The molecule has 13 aromatic carbocycles. The number of hydrogen-bond acceptors (Lipinski definition) is 0. The van der Waals surface area contributed by atoms with Gasteiger partial charge < -0.3 is 0 Å². The number of rotatable bonds is 4. The molecule has 3 heterocycles. The van der Waals surface area contributed by atoms with Gasteiger partial charge in [0, 0.05) is 12.8 Å². The van der Waals surface area contributed by atoms with Crippen molar-refractivity contribution in [1.82, 2.24) is 0 Å². The fraction of sp³-hybridized carbons (Fsp3) is 0.463. The van der Waals surface area contributed by atoms with Crippen molar-refractivity contribution in [2.24, 2.45) is 5.41 Å². The van der Waals surface area contributed by atoms with E-state index in [-0.39, 0.29) is 77.1 Å². The Bertz CT molecular complexity index is 6720. The molecule has 0 atom stereocenters. The van der Waals surface area contributed by atoms with E-state index >= 15 is 0 Å². The van der Waals surface area contributed by atoms with Gasteiger partial charge in [0.25, 0.3) is 0 Å². The van der Waals surface area contributed by atoms with Gasteiger partial charge in [-0.2, -0.15) is 0 Å². The molecule has 3 aliphatic carbocycles. The van der Waals surface area contributed by atoms with E-state index in [1.54, 1.807) is 71.4 Å². The molecule has 9 heteroatoms. The van der Waals surface area contributed by atoms with Crippen LogP contribution in [0, 0.1) is 81.6 Å². The van der Waals surface area contributed by atoms with E-state index in [4.69, 9.17) is 0 Å². The summed E-state index contributed by atoms with van der Waals surface area (Å²) in [5.74, 6) is -0.717. The van der Waals surface area contributed by atoms with Crippen molar-refractivity contribution in [3.8, 4) is 22.3 Å². The Morgan fingerprint density at radius 2 is 0.692 bits per heavy atom. The van der Waals surface area contributed by atoms with Gasteiger partial charge in [-0.25, -0.2) is 8.78 Å². The first-order valence-electron chi connectivity index (χ1n) is 53.1. The third-order valence-electron chi connectivity index (χ3n) is 32.0. The zero-order valence-corrected chi connectivity index (χ0v) is 105. The van der Waals surface area contributed by atoms with Crippen LogP contribution >= 0.6 is 0 Å². The second-order valence-corrected chi connectivity index (χ2v) is 70.7. The third-order valence-corrected chi connectivity index (χ3v) is 52.6. The average Bonchev–Trinajstić information content (AvgIpc) is 1.56. The number of fused-ring (bicyclic) bond motifs is 12. The maximum atomic E-state index is 13.5. The van der Waals surface area contributed by atoms with Gasteiger partial charge in [-0.3, -0.25) is 0 Å². The van der Waals surface area contributed by atoms with Crippen LogP contribution in [0.5, 0.6) is 0 Å². The zero-order chi connectivity index (χ0) is 105. The van der Waals surface area contributed by atoms with Crippen LogP contribution in [0.15, 0.2) is 194 Å². The molecule has 0 nitrogen and oxygen atoms in total. The van der Waals surface area contributed by atoms with Crippen molar-refractivity contribution < 1.29 is 22.0 Å². The van der Waals surface area contributed by atoms with Gasteiger partial charge in [0.2, 0.25) is 5.92 Å². The molecule has 0 radical (unpaired) electrons. The van der Waals surface area contributed by atoms with Crippen LogP contribution in [-0.4, -0.2) is 93.5 Å². The SMILES string of the molecule is Cc1c(C(C)(C)C)cc(C2CCC(C)(C)CC2)c2ccccc12.Cc1c(C(C)(C)C)cc(C2CCC(F)(F)CC2)c2ccccc12.Cc1c(C(C)(C)C)cc(C2CCCCC2)c2ccccc12.Cc1cc([Te]C(F)(F)F)cc(C(C)(C)C)c1C.Cc1cc2[c](c(C(C)(C)C)c1C)[Bi]([CH3])[c]1ccccc1-2.Cc1cc2[c](c(C(C)(C)C)c1C)[Sb]([CH3])[c]1ccccc1-2.Cc1cc2c([te]c3ccccc32)c(C(C)(C)C)c1C. The summed E-state index contributed by atoms with van der Waals surface area (Å²) in [7, 11) is 0. The predicted octanol–water partition coefficient (Wildman–Crippen LogP) is 36.4. The summed E-state index contributed by atoms with van der Waals surface area (Å²) in [5.41, 5.74) is 37.7. The van der Waals surface area contributed by atoms with Crippen LogP contribution in [0.1, 0.15) is 377 Å². The van der Waals surface area contributed by atoms with Gasteiger partial charge in [-0.05, 0) is 194 Å². The molecule has 0 amide bonds. The van der Waals surface area contributed by atoms with E-state index < -0.39 is 73.0 Å². The summed E-state index contributed by atoms with van der Waals surface area (Å²) in [6.45, 7) is 77.3. The zero-order valence-electron chi connectivity index (χ0n) is 94.0. The van der Waals surface area contributed by atoms with Crippen molar-refractivity contribution in [1.29, 1.82) is 0 Å². The third kappa shape index (κ3) is 25.7. The minimum absolute atomic E-state index is 0.0186. The van der Waals surface area contributed by atoms with Gasteiger partial charge >= 0.3 is 497 Å². The molecule has 0 bridgehead atoms. The topological polar surface area (TPSA) is 0 Å². The molecule has 0 spiro atoms. The first kappa shape index (κ1) is 114. The summed E-state index contributed by atoms with van der Waals surface area (Å²) in [5, 5.41) is 11.4. The van der Waals surface area contributed by atoms with E-state index in [1.807, 2.05) is 34.6 Å². The summed E-state index contributed by atoms with van der Waals surface area (Å²) in [6, 6.07) is 71.8. The van der Waals surface area contributed by atoms with Gasteiger partial charge in [0.15, 0.2) is 0 Å². The van der Waals surface area contributed by atoms with Crippen molar-refractivity contribution in [3.05, 3.63) is 311 Å². The van der Waals surface area contributed by atoms with Crippen LogP contribution in [0.25, 0.3) is 72.1 Å². The number of benzene rings is 13. The van der Waals surface area contributed by atoms with Gasteiger partial charge in [0.1, 0.15) is 0 Å². The van der Waals surface area contributed by atoms with E-state index in [9.17, 15) is 22.0 Å². The summed E-state index contributed by atoms with van der Waals surface area (Å²) >= 11 is -5.60. The standard InChI is InChI=1S/C23H32.C21H26F2.C21H28.C18H20Te.2C18H20.C13H17F3Te.2CH3.Bi.Sb/c1-16-18-9-7-8-10-19(18)20(15-21(16)22(2,3)4)17-11-13-23(5,6)14-12-17;1-14-16-7-5-6-8-17(16)18(13-19(14)20(2,3)4)15-9-11-21(22,23)12-10-15;1-15-17-12-8-9-13-18(17)19(14-20(15)21(2,3)4)16-10-6-5-7-11-16;1-11-10-14-13-8-6-7-9-15(13)19-17(14)16(12(11)2)18(3,4)5;2*1-13-11-16(15-9-7-6-8-10-15)12-17(14(13)2)18(3,4)5;1-8-6-10(17-13(14,15)16)7-11(9(8)2)12(3,4)5;;;;/h7-10,15,17H,11-14H2,1-6H3;5-8,13,15H,9-12H2,1-4H3;8-9,12-14,16H,5-7,10-11H2,1-4H3;6-10H,1-5H3;2*6-9,11H,1-5H3;6-7H,1-5H3;2*1H3;;. The molecule has 3 saturated carbocycles. The quantitative estimate of drug-likeness (QED) is 0.122. The van der Waals surface area contributed by atoms with Crippen molar-refractivity contribution in [2.75, 3.05) is 0 Å². The predicted molar refractivity (Wildman–Crippen MR) is 624 cm³/mol. The number of alkyl halides is 5. The van der Waals surface area contributed by atoms with E-state index in [0.717, 1.165) is 28.5 Å². The summed E-state index contributed by atoms with van der Waals surface area (Å²) < 4.78 is 73.6. The number of aryl methyl sites for hydroxylation is 7. The van der Waals surface area contributed by atoms with Crippen LogP contribution < -0.4 is 17.2 Å². The van der Waals surface area contributed by atoms with Crippen molar-refractivity contribution >= 4 is 150 Å². The molecule has 0 unspecified atom stereocenters. The first-order chi connectivity index (χ1) is 66.4. The first-order valence-corrected chi connectivity index (χ1v) is 69.8. The second-order valence-electron chi connectivity index (χ2n) is 50.7. The Morgan fingerprint density at radius 1 is 0.336 bits per heavy atom. The number of hydrogen-bond donors (Lipinski definition) is 0. The van der Waals surface area contributed by atoms with Crippen LogP contribution in [0.3, 0.4) is 0 Å². The molecule has 3 fully saturated rings. The molecular formula is C134H169BiF5SbTe2. The molecule has 1 aromatic heterocycles. The second kappa shape index (κ2) is 44.2. The molecule has 0 N–H and O–H groups in total. The molecule has 5 aliphatic rings. The monoisotopic (exact) mass is 2460 g/mol. The summed E-state index contributed by atoms with van der Waals surface area (Å²) in [4.78, 5) is 2.54. The van der Waals surface area contributed by atoms with Gasteiger partial charge in [-0.15, -0.1) is 0 Å². The van der Waals surface area contributed by atoms with Gasteiger partial charge in [0.05, 0.1) is 0 Å². The molecule has 0 saturated heterocycles. The number of halogens is 5. The molecule has 762 valence electrons. The fourth-order valence-electron chi connectivity index (χ4n) is 24.2. The molecule has 143 heavy (non-hydrogen) atoms. The van der Waals surface area contributed by atoms with E-state index in [1.165, 1.54) is 184 Å².